The van der Waals surface area contributed by atoms with Crippen LogP contribution < -0.4 is 4.74 Å². The highest BCUT2D eigenvalue weighted by Crippen LogP contribution is 2.31. The van der Waals surface area contributed by atoms with E-state index in [9.17, 15) is 0 Å². The van der Waals surface area contributed by atoms with Gasteiger partial charge in [0.05, 0.1) is 12.8 Å². The van der Waals surface area contributed by atoms with Gasteiger partial charge in [-0.2, -0.15) is 0 Å². The van der Waals surface area contributed by atoms with E-state index in [1.807, 2.05) is 26.0 Å². The summed E-state index contributed by atoms with van der Waals surface area (Å²) in [5.41, 5.74) is 3.09. The molecule has 0 amide bonds. The van der Waals surface area contributed by atoms with Crippen LogP contribution >= 0.6 is 0 Å². The first-order valence-electron chi connectivity index (χ1n) is 5.62. The predicted octanol–water partition coefficient (Wildman–Crippen LogP) is 2.90. The maximum Gasteiger partial charge on any atom is 0.125 e. The molecule has 1 fully saturated rings. The molecule has 0 spiro atoms. The molecule has 1 N–H and O–H groups in total. The Morgan fingerprint density at radius 2 is 2.00 bits per heavy atom. The fourth-order valence-corrected chi connectivity index (χ4v) is 1.84. The van der Waals surface area contributed by atoms with Crippen molar-refractivity contribution >= 4 is 6.21 Å². The summed E-state index contributed by atoms with van der Waals surface area (Å²) in [6.07, 6.45) is 4.03. The van der Waals surface area contributed by atoms with Crippen LogP contribution in [0.15, 0.2) is 17.3 Å². The molecule has 16 heavy (non-hydrogen) atoms. The third kappa shape index (κ3) is 2.54. The van der Waals surface area contributed by atoms with Crippen LogP contribution in [0, 0.1) is 19.8 Å². The highest BCUT2D eigenvalue weighted by Gasteiger charge is 2.22. The van der Waals surface area contributed by atoms with E-state index in [1.54, 1.807) is 0 Å². The molecule has 3 nitrogen and oxygen atoms in total. The average Bonchev–Trinajstić information content (AvgIpc) is 3.00. The second kappa shape index (κ2) is 4.56. The Labute approximate surface area is 95.7 Å². The third-order valence-corrected chi connectivity index (χ3v) is 2.85. The highest BCUT2D eigenvalue weighted by atomic mass is 16.5. The molecule has 0 radical (unpaired) electrons. The van der Waals surface area contributed by atoms with Crippen molar-refractivity contribution in [2.24, 2.45) is 11.1 Å². The first-order valence-corrected chi connectivity index (χ1v) is 5.62. The maximum absolute atomic E-state index is 8.49. The van der Waals surface area contributed by atoms with Crippen molar-refractivity contribution < 1.29 is 9.94 Å². The number of oxime groups is 1. The minimum absolute atomic E-state index is 0.762. The van der Waals surface area contributed by atoms with Gasteiger partial charge in [-0.05, 0) is 61.4 Å². The lowest BCUT2D eigenvalue weighted by molar-refractivity contribution is 0.296. The van der Waals surface area contributed by atoms with Gasteiger partial charge in [0.2, 0.25) is 0 Å². The molecule has 1 aromatic rings. The van der Waals surface area contributed by atoms with Gasteiger partial charge in [0.15, 0.2) is 0 Å². The Balaban J connectivity index is 2.16. The van der Waals surface area contributed by atoms with Crippen LogP contribution in [-0.4, -0.2) is 18.0 Å². The Bertz CT molecular complexity index is 385. The summed E-state index contributed by atoms with van der Waals surface area (Å²) in [7, 11) is 0. The van der Waals surface area contributed by atoms with Gasteiger partial charge in [-0.3, -0.25) is 0 Å². The largest absolute Gasteiger partial charge is 0.493 e. The van der Waals surface area contributed by atoms with Crippen LogP contribution in [-0.2, 0) is 0 Å². The molecule has 0 bridgehead atoms. The Morgan fingerprint density at radius 1 is 1.38 bits per heavy atom. The number of benzene rings is 1. The Kier molecular flexibility index (Phi) is 3.13. The molecule has 2 rings (SSSR count). The van der Waals surface area contributed by atoms with E-state index in [-0.39, 0.29) is 0 Å². The fourth-order valence-electron chi connectivity index (χ4n) is 1.84. The van der Waals surface area contributed by atoms with E-state index in [0.29, 0.717) is 0 Å². The summed E-state index contributed by atoms with van der Waals surface area (Å²) in [5.74, 6) is 1.74. The zero-order valence-corrected chi connectivity index (χ0v) is 9.73. The van der Waals surface area contributed by atoms with Crippen molar-refractivity contribution in [3.05, 3.63) is 28.8 Å². The van der Waals surface area contributed by atoms with Gasteiger partial charge in [-0.25, -0.2) is 0 Å². The number of ether oxygens (including phenoxy) is 1. The van der Waals surface area contributed by atoms with Crippen LogP contribution in [0.25, 0.3) is 0 Å². The molecule has 0 unspecified atom stereocenters. The molecule has 0 saturated heterocycles. The molecule has 1 aliphatic carbocycles. The van der Waals surface area contributed by atoms with E-state index in [4.69, 9.17) is 9.94 Å². The van der Waals surface area contributed by atoms with Gasteiger partial charge < -0.3 is 9.94 Å². The van der Waals surface area contributed by atoms with Crippen molar-refractivity contribution in [3.63, 3.8) is 0 Å². The van der Waals surface area contributed by atoms with E-state index < -0.39 is 0 Å². The van der Waals surface area contributed by atoms with Crippen molar-refractivity contribution in [1.29, 1.82) is 0 Å². The Morgan fingerprint density at radius 3 is 2.50 bits per heavy atom. The number of hydrogen-bond acceptors (Lipinski definition) is 3. The van der Waals surface area contributed by atoms with Crippen LogP contribution in [0.4, 0.5) is 0 Å². The lowest BCUT2D eigenvalue weighted by atomic mass is 10.1. The molecule has 0 heterocycles. The van der Waals surface area contributed by atoms with Crippen molar-refractivity contribution in [3.8, 4) is 5.75 Å². The van der Waals surface area contributed by atoms with Crippen LogP contribution in [0.2, 0.25) is 0 Å². The van der Waals surface area contributed by atoms with Gasteiger partial charge in [0, 0.05) is 0 Å². The van der Waals surface area contributed by atoms with Crippen LogP contribution in [0.1, 0.15) is 29.5 Å². The monoisotopic (exact) mass is 219 g/mol. The second-order valence-corrected chi connectivity index (χ2v) is 4.48. The molecule has 0 aliphatic heterocycles. The molecule has 3 heteroatoms. The SMILES string of the molecule is Cc1cc(/C=N\O)cc(C)c1OCC1CC1. The van der Waals surface area contributed by atoms with E-state index >= 15 is 0 Å². The fraction of sp³-hybridized carbons (Fsp3) is 0.462. The second-order valence-electron chi connectivity index (χ2n) is 4.48. The van der Waals surface area contributed by atoms with Gasteiger partial charge in [-0.15, -0.1) is 0 Å². The minimum Gasteiger partial charge on any atom is -0.493 e. The zero-order chi connectivity index (χ0) is 11.5. The number of rotatable bonds is 4. The molecule has 0 atom stereocenters. The lowest BCUT2D eigenvalue weighted by Crippen LogP contribution is -2.02. The smallest absolute Gasteiger partial charge is 0.125 e. The van der Waals surface area contributed by atoms with E-state index in [0.717, 1.165) is 35.0 Å². The van der Waals surface area contributed by atoms with E-state index in [2.05, 4.69) is 5.16 Å². The summed E-state index contributed by atoms with van der Waals surface area (Å²) >= 11 is 0. The Hall–Kier alpha value is -1.51. The van der Waals surface area contributed by atoms with E-state index in [1.165, 1.54) is 19.1 Å². The lowest BCUT2D eigenvalue weighted by Gasteiger charge is -2.12. The van der Waals surface area contributed by atoms with Gasteiger partial charge >= 0.3 is 0 Å². The molecule has 1 saturated carbocycles. The molecule has 1 aromatic carbocycles. The molecule has 0 aromatic heterocycles. The topological polar surface area (TPSA) is 41.8 Å². The van der Waals surface area contributed by atoms with Gasteiger partial charge in [-0.1, -0.05) is 5.16 Å². The maximum atomic E-state index is 8.49. The predicted molar refractivity (Wildman–Crippen MR) is 63.5 cm³/mol. The first kappa shape index (κ1) is 11.0. The number of nitrogens with zero attached hydrogens (tertiary/aromatic N) is 1. The normalized spacial score (nSPS) is 15.6. The molecular formula is C13H17NO2. The summed E-state index contributed by atoms with van der Waals surface area (Å²) in [6.45, 7) is 4.86. The van der Waals surface area contributed by atoms with Gasteiger partial charge in [0.25, 0.3) is 0 Å². The summed E-state index contributed by atoms with van der Waals surface area (Å²) in [6, 6.07) is 3.93. The molecule has 86 valence electrons. The van der Waals surface area contributed by atoms with Crippen LogP contribution in [0.3, 0.4) is 0 Å². The summed E-state index contributed by atoms with van der Waals surface area (Å²) < 4.78 is 5.82. The van der Waals surface area contributed by atoms with Crippen LogP contribution in [0.5, 0.6) is 5.75 Å². The van der Waals surface area contributed by atoms with Gasteiger partial charge in [0.1, 0.15) is 5.75 Å². The average molecular weight is 219 g/mol. The van der Waals surface area contributed by atoms with Crippen molar-refractivity contribution in [1.82, 2.24) is 0 Å². The zero-order valence-electron chi connectivity index (χ0n) is 9.73. The van der Waals surface area contributed by atoms with Crippen molar-refractivity contribution in [2.45, 2.75) is 26.7 Å². The third-order valence-electron chi connectivity index (χ3n) is 2.85. The molecular weight excluding hydrogens is 202 g/mol. The number of hydrogen-bond donors (Lipinski definition) is 1. The highest BCUT2D eigenvalue weighted by molar-refractivity contribution is 5.80. The standard InChI is InChI=1S/C13H17NO2/c1-9-5-12(7-14-15)6-10(2)13(9)16-8-11-3-4-11/h5-7,11,15H,3-4,8H2,1-2H3/b14-7-. The van der Waals surface area contributed by atoms with Crippen molar-refractivity contribution in [2.75, 3.05) is 6.61 Å². The molecule has 1 aliphatic rings. The summed E-state index contributed by atoms with van der Waals surface area (Å²) in [4.78, 5) is 0. The first-order chi connectivity index (χ1) is 7.70. The number of aryl methyl sites for hydroxylation is 2. The quantitative estimate of drug-likeness (QED) is 0.480. The minimum atomic E-state index is 0.762. The summed E-state index contributed by atoms with van der Waals surface area (Å²) in [5, 5.41) is 11.5.